The molecule has 0 saturated carbocycles. The minimum atomic E-state index is -0.928. The molecule has 0 saturated heterocycles. The minimum absolute atomic E-state index is 0.152. The number of benzene rings is 2. The van der Waals surface area contributed by atoms with Crippen molar-refractivity contribution in [1.82, 2.24) is 0 Å². The largest absolute Gasteiger partial charge is 0.388 e. The molecule has 0 aliphatic heterocycles. The van der Waals surface area contributed by atoms with Crippen LogP contribution in [0, 0.1) is 17.6 Å². The summed E-state index contributed by atoms with van der Waals surface area (Å²) in [5.41, 5.74) is 1.41. The number of aliphatic hydroxyl groups is 1. The van der Waals surface area contributed by atoms with Crippen LogP contribution in [0.2, 0.25) is 0 Å². The van der Waals surface area contributed by atoms with E-state index in [2.05, 4.69) is 13.8 Å². The monoisotopic (exact) mass is 290 g/mol. The van der Waals surface area contributed by atoms with E-state index in [9.17, 15) is 13.9 Å². The Morgan fingerprint density at radius 3 is 2.19 bits per heavy atom. The third kappa shape index (κ3) is 3.48. The molecule has 3 unspecified atom stereocenters. The summed E-state index contributed by atoms with van der Waals surface area (Å²) < 4.78 is 26.5. The summed E-state index contributed by atoms with van der Waals surface area (Å²) in [6.07, 6.45) is 0.0257. The van der Waals surface area contributed by atoms with E-state index >= 15 is 0 Å². The van der Waals surface area contributed by atoms with Crippen molar-refractivity contribution in [3.8, 4) is 0 Å². The summed E-state index contributed by atoms with van der Waals surface area (Å²) in [4.78, 5) is 0. The van der Waals surface area contributed by atoms with Crippen LogP contribution in [0.3, 0.4) is 0 Å². The van der Waals surface area contributed by atoms with Gasteiger partial charge in [-0.15, -0.1) is 0 Å². The zero-order valence-corrected chi connectivity index (χ0v) is 12.3. The fraction of sp³-hybridized carbons (Fsp3) is 0.333. The van der Waals surface area contributed by atoms with Gasteiger partial charge in [-0.05, 0) is 29.2 Å². The van der Waals surface area contributed by atoms with Crippen LogP contribution in [0.4, 0.5) is 8.78 Å². The number of halogens is 2. The molecule has 0 heterocycles. The Balaban J connectivity index is 2.38. The zero-order chi connectivity index (χ0) is 15.4. The molecule has 0 fully saturated rings. The van der Waals surface area contributed by atoms with Crippen LogP contribution in [0.5, 0.6) is 0 Å². The molecule has 2 aromatic rings. The van der Waals surface area contributed by atoms with Gasteiger partial charge in [0.1, 0.15) is 0 Å². The van der Waals surface area contributed by atoms with Crippen LogP contribution in [-0.2, 0) is 0 Å². The topological polar surface area (TPSA) is 20.2 Å². The Morgan fingerprint density at radius 1 is 0.952 bits per heavy atom. The second-order valence-electron chi connectivity index (χ2n) is 5.44. The van der Waals surface area contributed by atoms with E-state index in [1.807, 2.05) is 30.3 Å². The maximum absolute atomic E-state index is 13.4. The Labute approximate surface area is 124 Å². The van der Waals surface area contributed by atoms with E-state index in [1.54, 1.807) is 0 Å². The first kappa shape index (κ1) is 15.6. The zero-order valence-electron chi connectivity index (χ0n) is 12.3. The molecule has 21 heavy (non-hydrogen) atoms. The van der Waals surface area contributed by atoms with E-state index in [1.165, 1.54) is 6.07 Å². The maximum Gasteiger partial charge on any atom is 0.159 e. The first-order valence-corrected chi connectivity index (χ1v) is 7.22. The van der Waals surface area contributed by atoms with Gasteiger partial charge in [0.15, 0.2) is 11.6 Å². The van der Waals surface area contributed by atoms with Gasteiger partial charge in [-0.3, -0.25) is 0 Å². The van der Waals surface area contributed by atoms with Gasteiger partial charge in [-0.2, -0.15) is 0 Å². The van der Waals surface area contributed by atoms with Crippen molar-refractivity contribution in [2.45, 2.75) is 32.3 Å². The summed E-state index contributed by atoms with van der Waals surface area (Å²) in [6.45, 7) is 4.11. The van der Waals surface area contributed by atoms with Crippen molar-refractivity contribution in [2.75, 3.05) is 0 Å². The van der Waals surface area contributed by atoms with Crippen LogP contribution in [0.1, 0.15) is 43.4 Å². The van der Waals surface area contributed by atoms with Crippen molar-refractivity contribution in [2.24, 2.45) is 5.92 Å². The van der Waals surface area contributed by atoms with Crippen molar-refractivity contribution in [1.29, 1.82) is 0 Å². The molecule has 2 rings (SSSR count). The van der Waals surface area contributed by atoms with Crippen LogP contribution in [-0.4, -0.2) is 5.11 Å². The smallest absolute Gasteiger partial charge is 0.159 e. The van der Waals surface area contributed by atoms with Crippen LogP contribution < -0.4 is 0 Å². The number of hydrogen-bond acceptors (Lipinski definition) is 1. The fourth-order valence-electron chi connectivity index (χ4n) is 2.65. The quantitative estimate of drug-likeness (QED) is 0.836. The highest BCUT2D eigenvalue weighted by Crippen LogP contribution is 2.38. The standard InChI is InChI=1S/C18H20F2O/c1-3-12(2)17(13-7-5-4-6-8-13)18(21)14-9-10-15(19)16(20)11-14/h4-12,17-18,21H,3H2,1-2H3. The summed E-state index contributed by atoms with van der Waals surface area (Å²) in [6, 6.07) is 13.3. The molecular formula is C18H20F2O. The van der Waals surface area contributed by atoms with Gasteiger partial charge in [0, 0.05) is 5.92 Å². The SMILES string of the molecule is CCC(C)C(c1ccccc1)C(O)c1ccc(F)c(F)c1. The molecule has 3 heteroatoms. The van der Waals surface area contributed by atoms with E-state index in [4.69, 9.17) is 0 Å². The summed E-state index contributed by atoms with van der Waals surface area (Å²) in [5, 5.41) is 10.7. The molecule has 0 aliphatic rings. The van der Waals surface area contributed by atoms with E-state index in [0.29, 0.717) is 5.56 Å². The lowest BCUT2D eigenvalue weighted by Gasteiger charge is -2.29. The van der Waals surface area contributed by atoms with Crippen molar-refractivity contribution < 1.29 is 13.9 Å². The highest BCUT2D eigenvalue weighted by Gasteiger charge is 2.27. The molecule has 1 N–H and O–H groups in total. The second kappa shape index (κ2) is 6.81. The highest BCUT2D eigenvalue weighted by molar-refractivity contribution is 5.28. The molecule has 0 spiro atoms. The minimum Gasteiger partial charge on any atom is -0.388 e. The van der Waals surface area contributed by atoms with Gasteiger partial charge in [-0.25, -0.2) is 8.78 Å². The van der Waals surface area contributed by atoms with Crippen LogP contribution in [0.25, 0.3) is 0 Å². The first-order valence-electron chi connectivity index (χ1n) is 7.22. The molecule has 0 aromatic heterocycles. The van der Waals surface area contributed by atoms with Gasteiger partial charge >= 0.3 is 0 Å². The highest BCUT2D eigenvalue weighted by atomic mass is 19.2. The fourth-order valence-corrected chi connectivity index (χ4v) is 2.65. The van der Waals surface area contributed by atoms with Gasteiger partial charge in [-0.1, -0.05) is 56.7 Å². The summed E-state index contributed by atoms with van der Waals surface area (Å²) in [7, 11) is 0. The third-order valence-corrected chi connectivity index (χ3v) is 4.07. The number of hydrogen-bond donors (Lipinski definition) is 1. The predicted octanol–water partition coefficient (Wildman–Crippen LogP) is 4.83. The molecular weight excluding hydrogens is 270 g/mol. The average Bonchev–Trinajstić information content (AvgIpc) is 2.51. The summed E-state index contributed by atoms with van der Waals surface area (Å²) in [5.74, 6) is -1.76. The van der Waals surface area contributed by atoms with Crippen molar-refractivity contribution in [3.05, 3.63) is 71.3 Å². The number of rotatable bonds is 5. The van der Waals surface area contributed by atoms with Crippen LogP contribution >= 0.6 is 0 Å². The Hall–Kier alpha value is -1.74. The molecule has 0 amide bonds. The second-order valence-corrected chi connectivity index (χ2v) is 5.44. The first-order chi connectivity index (χ1) is 10.0. The lowest BCUT2D eigenvalue weighted by atomic mass is 9.79. The molecule has 112 valence electrons. The molecule has 2 aromatic carbocycles. The number of aliphatic hydroxyl groups excluding tert-OH is 1. The van der Waals surface area contributed by atoms with Gasteiger partial charge < -0.3 is 5.11 Å². The average molecular weight is 290 g/mol. The van der Waals surface area contributed by atoms with Gasteiger partial charge in [0.25, 0.3) is 0 Å². The molecule has 1 nitrogen and oxygen atoms in total. The third-order valence-electron chi connectivity index (χ3n) is 4.07. The Kier molecular flexibility index (Phi) is 5.07. The molecule has 0 aliphatic carbocycles. The molecule has 3 atom stereocenters. The lowest BCUT2D eigenvalue weighted by Crippen LogP contribution is -2.18. The molecule has 0 bridgehead atoms. The normalized spacial score (nSPS) is 15.5. The van der Waals surface area contributed by atoms with Crippen LogP contribution in [0.15, 0.2) is 48.5 Å². The molecule has 0 radical (unpaired) electrons. The maximum atomic E-state index is 13.4. The van der Waals surface area contributed by atoms with E-state index in [-0.39, 0.29) is 11.8 Å². The Bertz CT molecular complexity index is 583. The van der Waals surface area contributed by atoms with E-state index in [0.717, 1.165) is 24.1 Å². The van der Waals surface area contributed by atoms with Gasteiger partial charge in [0.2, 0.25) is 0 Å². The van der Waals surface area contributed by atoms with Crippen molar-refractivity contribution >= 4 is 0 Å². The lowest BCUT2D eigenvalue weighted by molar-refractivity contribution is 0.117. The van der Waals surface area contributed by atoms with Crippen molar-refractivity contribution in [3.63, 3.8) is 0 Å². The Morgan fingerprint density at radius 2 is 1.62 bits per heavy atom. The van der Waals surface area contributed by atoms with E-state index < -0.39 is 17.7 Å². The summed E-state index contributed by atoms with van der Waals surface area (Å²) >= 11 is 0. The predicted molar refractivity (Wildman–Crippen MR) is 80.0 cm³/mol. The van der Waals surface area contributed by atoms with Gasteiger partial charge in [0.05, 0.1) is 6.10 Å².